The molecule has 6 rings (SSSR count). The Kier molecular flexibility index (Phi) is 8.33. The number of carbonyl (C=O) groups excluding carboxylic acids is 1. The normalized spacial score (nSPS) is 17.8. The Labute approximate surface area is 253 Å². The van der Waals surface area contributed by atoms with Crippen molar-refractivity contribution in [2.75, 3.05) is 18.4 Å². The van der Waals surface area contributed by atoms with Gasteiger partial charge in [-0.1, -0.05) is 55.0 Å². The summed E-state index contributed by atoms with van der Waals surface area (Å²) in [5.74, 6) is 6.96. The number of aromatic nitrogens is 2. The summed E-state index contributed by atoms with van der Waals surface area (Å²) in [6, 6.07) is 24.1. The average molecular weight is 594 g/mol. The lowest BCUT2D eigenvalue weighted by Gasteiger charge is -2.30. The van der Waals surface area contributed by atoms with Crippen LogP contribution < -0.4 is 11.2 Å². The zero-order valence-electron chi connectivity index (χ0n) is 24.3. The van der Waals surface area contributed by atoms with E-state index < -0.39 is 11.0 Å². The fourth-order valence-electron chi connectivity index (χ4n) is 5.54. The molecule has 3 N–H and O–H groups in total. The Hall–Kier alpha value is -4.38. The summed E-state index contributed by atoms with van der Waals surface area (Å²) in [5.41, 5.74) is 3.37. The van der Waals surface area contributed by atoms with Gasteiger partial charge < -0.3 is 5.32 Å². The van der Waals surface area contributed by atoms with Gasteiger partial charge in [-0.25, -0.2) is 24.0 Å². The zero-order chi connectivity index (χ0) is 29.9. The van der Waals surface area contributed by atoms with E-state index in [1.807, 2.05) is 84.9 Å². The van der Waals surface area contributed by atoms with Crippen molar-refractivity contribution in [1.82, 2.24) is 19.1 Å². The summed E-state index contributed by atoms with van der Waals surface area (Å²) in [6.07, 6.45) is 7.08. The van der Waals surface area contributed by atoms with Gasteiger partial charge in [0.1, 0.15) is 16.8 Å². The summed E-state index contributed by atoms with van der Waals surface area (Å²) in [4.78, 5) is 18.7. The van der Waals surface area contributed by atoms with Gasteiger partial charge in [-0.2, -0.15) is 5.10 Å². The van der Waals surface area contributed by atoms with Crippen LogP contribution in [0.25, 0.3) is 16.5 Å². The van der Waals surface area contributed by atoms with Crippen molar-refractivity contribution in [2.45, 2.75) is 43.9 Å². The predicted molar refractivity (Wildman–Crippen MR) is 172 cm³/mol. The van der Waals surface area contributed by atoms with E-state index in [1.54, 1.807) is 23.2 Å². The molecule has 1 atom stereocenters. The molecule has 3 heterocycles. The summed E-state index contributed by atoms with van der Waals surface area (Å²) in [5, 5.41) is 11.6. The van der Waals surface area contributed by atoms with Crippen molar-refractivity contribution >= 4 is 39.7 Å². The molecule has 2 aliphatic rings. The Balaban J connectivity index is 1.22. The highest BCUT2D eigenvalue weighted by molar-refractivity contribution is 7.82. The van der Waals surface area contributed by atoms with E-state index >= 15 is 0 Å². The maximum atomic E-state index is 13.5. The highest BCUT2D eigenvalue weighted by Crippen LogP contribution is 2.32. The zero-order valence-corrected chi connectivity index (χ0v) is 25.1. The molecule has 4 aromatic rings. The first kappa shape index (κ1) is 28.7. The molecule has 2 aliphatic heterocycles. The molecule has 1 amide bonds. The molecule has 1 unspecified atom stereocenters. The van der Waals surface area contributed by atoms with Crippen LogP contribution >= 0.6 is 0 Å². The summed E-state index contributed by atoms with van der Waals surface area (Å²) in [7, 11) is -1.23. The molecule has 0 aliphatic carbocycles. The highest BCUT2D eigenvalue weighted by Gasteiger charge is 2.28. The molecule has 0 saturated carbocycles. The number of aryl methyl sites for hydroxylation is 1. The minimum absolute atomic E-state index is 0.170. The summed E-state index contributed by atoms with van der Waals surface area (Å²) >= 11 is 0. The number of fused-ring (bicyclic) bond motifs is 1. The maximum Gasteiger partial charge on any atom is 0.256 e. The van der Waals surface area contributed by atoms with E-state index in [0.717, 1.165) is 45.5 Å². The smallest absolute Gasteiger partial charge is 0.256 e. The fraction of sp³-hybridized carbons (Fsp3) is 0.242. The lowest BCUT2D eigenvalue weighted by atomic mass is 9.95. The minimum atomic E-state index is -1.23. The first-order chi connectivity index (χ1) is 20.9. The second kappa shape index (κ2) is 12.5. The number of nitrogens with zero attached hydrogens (tertiary/aromatic N) is 5. The standard InChI is InChI=1S/C33H35N7O2S/c1-3-29(32-35-17-6-18-39(32)34)33(41)36-31-22-30(37-40(31)27-12-9-23(2)10-13-27)25-15-19-38(20-16-25)43(42)28-14-11-24-7-4-5-8-26(24)21-28/h4-14,17-18,21-22,25H,3,15-16,19-20,34H2,1-2H3,(H,36,41)/b32-29+. The third-order valence-electron chi connectivity index (χ3n) is 7.95. The number of anilines is 1. The van der Waals surface area contributed by atoms with Gasteiger partial charge in [-0.05, 0) is 67.3 Å². The van der Waals surface area contributed by atoms with Crippen LogP contribution in [0.1, 0.15) is 43.4 Å². The number of piperidine rings is 1. The Bertz CT molecular complexity index is 1770. The lowest BCUT2D eigenvalue weighted by Crippen LogP contribution is -2.34. The predicted octanol–water partition coefficient (Wildman–Crippen LogP) is 5.57. The van der Waals surface area contributed by atoms with Crippen LogP contribution in [0.2, 0.25) is 0 Å². The number of aliphatic imine (C=N–C) groups is 1. The monoisotopic (exact) mass is 593 g/mol. The van der Waals surface area contributed by atoms with E-state index in [1.165, 1.54) is 5.01 Å². The average Bonchev–Trinajstić information content (AvgIpc) is 3.45. The molecule has 0 spiro atoms. The molecular formula is C33H35N7O2S. The van der Waals surface area contributed by atoms with Gasteiger partial charge >= 0.3 is 0 Å². The number of hydrogen-bond acceptors (Lipinski definition) is 6. The Morgan fingerprint density at radius 2 is 1.77 bits per heavy atom. The van der Waals surface area contributed by atoms with Gasteiger partial charge in [-0.15, -0.1) is 0 Å². The molecule has 3 aromatic carbocycles. The van der Waals surface area contributed by atoms with Crippen LogP contribution in [-0.2, 0) is 15.8 Å². The van der Waals surface area contributed by atoms with E-state index in [9.17, 15) is 9.00 Å². The van der Waals surface area contributed by atoms with E-state index in [4.69, 9.17) is 10.9 Å². The first-order valence-electron chi connectivity index (χ1n) is 14.5. The molecule has 1 aromatic heterocycles. The fourth-order valence-corrected chi connectivity index (χ4v) is 6.79. The molecule has 43 heavy (non-hydrogen) atoms. The van der Waals surface area contributed by atoms with Crippen molar-refractivity contribution in [3.8, 4) is 5.69 Å². The van der Waals surface area contributed by atoms with Crippen molar-refractivity contribution in [3.63, 3.8) is 0 Å². The molecular weight excluding hydrogens is 558 g/mol. The summed E-state index contributed by atoms with van der Waals surface area (Å²) in [6.45, 7) is 5.32. The van der Waals surface area contributed by atoms with Crippen molar-refractivity contribution in [1.29, 1.82) is 0 Å². The van der Waals surface area contributed by atoms with Crippen molar-refractivity contribution in [2.24, 2.45) is 10.8 Å². The molecule has 10 heteroatoms. The van der Waals surface area contributed by atoms with E-state index in [2.05, 4.69) is 16.4 Å². The van der Waals surface area contributed by atoms with Gasteiger partial charge in [0.05, 0.1) is 21.8 Å². The third kappa shape index (κ3) is 6.08. The topological polar surface area (TPSA) is 109 Å². The molecule has 220 valence electrons. The van der Waals surface area contributed by atoms with Crippen LogP contribution in [0.3, 0.4) is 0 Å². The molecule has 1 saturated heterocycles. The highest BCUT2D eigenvalue weighted by atomic mass is 32.2. The number of rotatable bonds is 7. The Morgan fingerprint density at radius 3 is 2.49 bits per heavy atom. The number of amides is 1. The van der Waals surface area contributed by atoms with Gasteiger partial charge in [0.25, 0.3) is 5.91 Å². The number of benzene rings is 3. The van der Waals surface area contributed by atoms with E-state index in [-0.39, 0.29) is 11.8 Å². The Morgan fingerprint density at radius 1 is 1.02 bits per heavy atom. The number of carbonyl (C=O) groups is 1. The van der Waals surface area contributed by atoms with Crippen LogP contribution in [-0.4, -0.2) is 48.5 Å². The van der Waals surface area contributed by atoms with Crippen LogP contribution in [0.5, 0.6) is 0 Å². The van der Waals surface area contributed by atoms with Crippen molar-refractivity contribution in [3.05, 3.63) is 108 Å². The van der Waals surface area contributed by atoms with Gasteiger partial charge in [-0.3, -0.25) is 9.80 Å². The van der Waals surface area contributed by atoms with E-state index in [0.29, 0.717) is 36.7 Å². The lowest BCUT2D eigenvalue weighted by molar-refractivity contribution is -0.113. The van der Waals surface area contributed by atoms with Gasteiger partial charge in [0, 0.05) is 37.5 Å². The largest absolute Gasteiger partial charge is 0.307 e. The molecule has 0 bridgehead atoms. The minimum Gasteiger partial charge on any atom is -0.307 e. The number of hydrazine groups is 1. The quantitative estimate of drug-likeness (QED) is 0.215. The van der Waals surface area contributed by atoms with Gasteiger partial charge in [0.15, 0.2) is 5.82 Å². The maximum absolute atomic E-state index is 13.5. The molecule has 9 nitrogen and oxygen atoms in total. The van der Waals surface area contributed by atoms with Crippen LogP contribution in [0.15, 0.2) is 106 Å². The van der Waals surface area contributed by atoms with Crippen molar-refractivity contribution < 1.29 is 9.00 Å². The number of hydrogen-bond donors (Lipinski definition) is 2. The van der Waals surface area contributed by atoms with Crippen LogP contribution in [0, 0.1) is 6.92 Å². The molecule has 0 radical (unpaired) electrons. The second-order valence-electron chi connectivity index (χ2n) is 10.8. The van der Waals surface area contributed by atoms with Crippen LogP contribution in [0.4, 0.5) is 5.82 Å². The second-order valence-corrected chi connectivity index (χ2v) is 12.3. The van der Waals surface area contributed by atoms with Gasteiger partial charge in [0.2, 0.25) is 0 Å². The summed E-state index contributed by atoms with van der Waals surface area (Å²) < 4.78 is 17.3. The number of nitrogens with one attached hydrogen (secondary N) is 1. The number of allylic oxidation sites excluding steroid dienone is 1. The SMILES string of the molecule is CC/C(C(=O)Nc1cc(C2CCN(S(=O)c3ccc4ccccc4c3)CC2)nn1-c1ccc(C)cc1)=C1/N=CC=CN1N. The number of nitrogens with two attached hydrogens (primary N) is 1. The third-order valence-corrected chi connectivity index (χ3v) is 9.44. The molecule has 1 fully saturated rings. The first-order valence-corrected chi connectivity index (χ1v) is 15.6.